The predicted molar refractivity (Wildman–Crippen MR) is 112 cm³/mol. The average Bonchev–Trinajstić information content (AvgIpc) is 2.71. The van der Waals surface area contributed by atoms with Crippen molar-refractivity contribution in [3.05, 3.63) is 0 Å². The summed E-state index contributed by atoms with van der Waals surface area (Å²) in [7, 11) is 0. The van der Waals surface area contributed by atoms with E-state index in [0.717, 1.165) is 0 Å². The number of carbonyl (C=O) groups excluding carboxylic acids is 3. The van der Waals surface area contributed by atoms with Crippen LogP contribution in [0.5, 0.6) is 0 Å². The Labute approximate surface area is 189 Å². The van der Waals surface area contributed by atoms with Crippen LogP contribution >= 0.6 is 0 Å². The van der Waals surface area contributed by atoms with Crippen molar-refractivity contribution in [1.29, 1.82) is 0 Å². The molecule has 0 fully saturated rings. The second kappa shape index (κ2) is 14.0. The third-order valence-electron chi connectivity index (χ3n) is 4.89. The highest BCUT2D eigenvalue weighted by atomic mass is 16.4. The van der Waals surface area contributed by atoms with E-state index in [1.165, 1.54) is 6.92 Å². The molecule has 0 aliphatic heterocycles. The maximum absolute atomic E-state index is 12.7. The summed E-state index contributed by atoms with van der Waals surface area (Å²) in [5.74, 6) is -7.76. The SMILES string of the molecule is CCC(C)C(NC(=O)C(CC(=O)O)NC(=O)C(CCC(=O)O)NC(=O)C(N)C(C)O)C(=O)O. The molecule has 3 amide bonds. The van der Waals surface area contributed by atoms with Crippen LogP contribution in [0.25, 0.3) is 0 Å². The Kier molecular flexibility index (Phi) is 12.6. The van der Waals surface area contributed by atoms with Gasteiger partial charge in [0.15, 0.2) is 0 Å². The minimum atomic E-state index is -1.71. The Morgan fingerprint density at radius 3 is 1.76 bits per heavy atom. The van der Waals surface area contributed by atoms with Crippen LogP contribution in [-0.4, -0.2) is 86.3 Å². The molecule has 0 radical (unpaired) electrons. The second-order valence-corrected chi connectivity index (χ2v) is 7.63. The first kappa shape index (κ1) is 29.7. The summed E-state index contributed by atoms with van der Waals surface area (Å²) >= 11 is 0. The van der Waals surface area contributed by atoms with Gasteiger partial charge in [0.2, 0.25) is 17.7 Å². The van der Waals surface area contributed by atoms with E-state index < -0.39 is 91.1 Å². The summed E-state index contributed by atoms with van der Waals surface area (Å²) in [6.07, 6.45) is -2.79. The molecule has 0 heterocycles. The number of rotatable bonds is 15. The third kappa shape index (κ3) is 10.7. The van der Waals surface area contributed by atoms with Gasteiger partial charge in [-0.15, -0.1) is 0 Å². The molecule has 14 heteroatoms. The highest BCUT2D eigenvalue weighted by molar-refractivity contribution is 5.95. The van der Waals surface area contributed by atoms with E-state index in [0.29, 0.717) is 6.42 Å². The van der Waals surface area contributed by atoms with Gasteiger partial charge in [0.1, 0.15) is 24.2 Å². The summed E-state index contributed by atoms with van der Waals surface area (Å²) in [5, 5.41) is 43.2. The van der Waals surface area contributed by atoms with Crippen molar-refractivity contribution in [1.82, 2.24) is 16.0 Å². The number of hydrogen-bond donors (Lipinski definition) is 8. The van der Waals surface area contributed by atoms with Crippen LogP contribution in [0.3, 0.4) is 0 Å². The zero-order valence-electron chi connectivity index (χ0n) is 18.6. The van der Waals surface area contributed by atoms with Crippen LogP contribution in [0, 0.1) is 5.92 Å². The Bertz CT molecular complexity index is 742. The van der Waals surface area contributed by atoms with Crippen LogP contribution in [0.2, 0.25) is 0 Å². The standard InChI is InChI=1S/C19H32N4O10/c1-4-8(2)15(19(32)33)23-17(30)11(7-13(27)28)22-16(29)10(5-6-12(25)26)21-18(31)14(20)9(3)24/h8-11,14-15,24H,4-7,20H2,1-3H3,(H,21,31)(H,22,29)(H,23,30)(H,25,26)(H,27,28)(H,32,33). The Balaban J connectivity index is 5.64. The van der Waals surface area contributed by atoms with Crippen LogP contribution in [0.15, 0.2) is 0 Å². The second-order valence-electron chi connectivity index (χ2n) is 7.63. The molecular weight excluding hydrogens is 444 g/mol. The lowest BCUT2D eigenvalue weighted by atomic mass is 9.98. The van der Waals surface area contributed by atoms with Crippen molar-refractivity contribution < 1.29 is 49.2 Å². The van der Waals surface area contributed by atoms with Crippen molar-refractivity contribution in [3.63, 3.8) is 0 Å². The van der Waals surface area contributed by atoms with Crippen LogP contribution in [0.4, 0.5) is 0 Å². The molecule has 0 rings (SSSR count). The molecule has 9 N–H and O–H groups in total. The smallest absolute Gasteiger partial charge is 0.326 e. The molecule has 188 valence electrons. The van der Waals surface area contributed by atoms with Crippen LogP contribution in [-0.2, 0) is 28.8 Å². The lowest BCUT2D eigenvalue weighted by Gasteiger charge is -2.26. The minimum Gasteiger partial charge on any atom is -0.481 e. The first-order valence-corrected chi connectivity index (χ1v) is 10.2. The molecule has 0 aromatic carbocycles. The fraction of sp³-hybridized carbons (Fsp3) is 0.684. The van der Waals surface area contributed by atoms with Gasteiger partial charge in [-0.1, -0.05) is 20.3 Å². The number of hydrogen-bond acceptors (Lipinski definition) is 8. The zero-order valence-corrected chi connectivity index (χ0v) is 18.6. The van der Waals surface area contributed by atoms with E-state index in [1.807, 2.05) is 0 Å². The highest BCUT2D eigenvalue weighted by Gasteiger charge is 2.33. The summed E-state index contributed by atoms with van der Waals surface area (Å²) in [6, 6.07) is -6.01. The monoisotopic (exact) mass is 476 g/mol. The van der Waals surface area contributed by atoms with Gasteiger partial charge in [-0.2, -0.15) is 0 Å². The molecular formula is C19H32N4O10. The lowest BCUT2D eigenvalue weighted by Crippen LogP contribution is -2.58. The van der Waals surface area contributed by atoms with Crippen molar-refractivity contribution in [3.8, 4) is 0 Å². The predicted octanol–water partition coefficient (Wildman–Crippen LogP) is -2.38. The highest BCUT2D eigenvalue weighted by Crippen LogP contribution is 2.09. The topological polar surface area (TPSA) is 245 Å². The van der Waals surface area contributed by atoms with E-state index in [4.69, 9.17) is 15.9 Å². The van der Waals surface area contributed by atoms with Gasteiger partial charge in [0.25, 0.3) is 0 Å². The number of nitrogens with two attached hydrogens (primary N) is 1. The van der Waals surface area contributed by atoms with E-state index >= 15 is 0 Å². The Hall–Kier alpha value is -3.26. The largest absolute Gasteiger partial charge is 0.481 e. The summed E-state index contributed by atoms with van der Waals surface area (Å²) in [6.45, 7) is 4.48. The zero-order chi connectivity index (χ0) is 25.9. The number of aliphatic hydroxyl groups excluding tert-OH is 1. The molecule has 0 aromatic heterocycles. The summed E-state index contributed by atoms with van der Waals surface area (Å²) in [5.41, 5.74) is 5.50. The maximum atomic E-state index is 12.7. The third-order valence-corrected chi connectivity index (χ3v) is 4.89. The molecule has 0 aliphatic carbocycles. The van der Waals surface area contributed by atoms with Crippen LogP contribution in [0.1, 0.15) is 46.5 Å². The first-order valence-electron chi connectivity index (χ1n) is 10.2. The Morgan fingerprint density at radius 2 is 1.33 bits per heavy atom. The van der Waals surface area contributed by atoms with Crippen molar-refractivity contribution in [2.75, 3.05) is 0 Å². The van der Waals surface area contributed by atoms with Gasteiger partial charge in [-0.3, -0.25) is 24.0 Å². The number of carboxylic acids is 3. The number of aliphatic carboxylic acids is 3. The number of carboxylic acid groups (broad SMARTS) is 3. The van der Waals surface area contributed by atoms with Crippen molar-refractivity contribution in [2.45, 2.75) is 76.7 Å². The molecule has 0 saturated carbocycles. The molecule has 0 bridgehead atoms. The van der Waals surface area contributed by atoms with Crippen molar-refractivity contribution in [2.24, 2.45) is 11.7 Å². The van der Waals surface area contributed by atoms with E-state index in [-0.39, 0.29) is 0 Å². The average molecular weight is 476 g/mol. The van der Waals surface area contributed by atoms with Crippen molar-refractivity contribution >= 4 is 35.6 Å². The molecule has 0 aliphatic rings. The normalized spacial score (nSPS) is 16.3. The van der Waals surface area contributed by atoms with Gasteiger partial charge in [0, 0.05) is 6.42 Å². The molecule has 6 unspecified atom stereocenters. The fourth-order valence-corrected chi connectivity index (χ4v) is 2.62. The van der Waals surface area contributed by atoms with Gasteiger partial charge in [0.05, 0.1) is 12.5 Å². The summed E-state index contributed by atoms with van der Waals surface area (Å²) in [4.78, 5) is 70.9. The van der Waals surface area contributed by atoms with Gasteiger partial charge >= 0.3 is 17.9 Å². The van der Waals surface area contributed by atoms with Crippen LogP contribution < -0.4 is 21.7 Å². The molecule has 0 spiro atoms. The van der Waals surface area contributed by atoms with E-state index in [2.05, 4.69) is 16.0 Å². The molecule has 14 nitrogen and oxygen atoms in total. The number of carbonyl (C=O) groups is 6. The number of aliphatic hydroxyl groups is 1. The van der Waals surface area contributed by atoms with Gasteiger partial charge in [-0.25, -0.2) is 4.79 Å². The Morgan fingerprint density at radius 1 is 0.818 bits per heavy atom. The van der Waals surface area contributed by atoms with E-state index in [1.54, 1.807) is 13.8 Å². The molecule has 6 atom stereocenters. The minimum absolute atomic E-state index is 0.389. The fourth-order valence-electron chi connectivity index (χ4n) is 2.62. The quantitative estimate of drug-likeness (QED) is 0.124. The summed E-state index contributed by atoms with van der Waals surface area (Å²) < 4.78 is 0. The van der Waals surface area contributed by atoms with Gasteiger partial charge in [-0.05, 0) is 19.3 Å². The molecule has 0 saturated heterocycles. The number of amides is 3. The lowest BCUT2D eigenvalue weighted by molar-refractivity contribution is -0.144. The molecule has 0 aromatic rings. The first-order chi connectivity index (χ1) is 15.2. The van der Waals surface area contributed by atoms with Gasteiger partial charge < -0.3 is 42.1 Å². The number of nitrogens with one attached hydrogen (secondary N) is 3. The molecule has 33 heavy (non-hydrogen) atoms. The van der Waals surface area contributed by atoms with E-state index in [9.17, 15) is 39.0 Å². The maximum Gasteiger partial charge on any atom is 0.326 e.